The zero-order valence-electron chi connectivity index (χ0n) is 9.06. The second kappa shape index (κ2) is 1.84. The van der Waals surface area contributed by atoms with E-state index >= 15 is 0 Å². The predicted molar refractivity (Wildman–Crippen MR) is 54.3 cm³/mol. The Morgan fingerprint density at radius 2 is 1.62 bits per heavy atom. The predicted octanol–water partition coefficient (Wildman–Crippen LogP) is 2.55. The van der Waals surface area contributed by atoms with Crippen LogP contribution in [0.1, 0.15) is 46.5 Å². The van der Waals surface area contributed by atoms with E-state index < -0.39 is 0 Å². The Kier molecular flexibility index (Phi) is 1.17. The lowest BCUT2D eigenvalue weighted by Gasteiger charge is -2.34. The zero-order valence-corrected chi connectivity index (χ0v) is 9.06. The van der Waals surface area contributed by atoms with Crippen molar-refractivity contribution in [3.63, 3.8) is 0 Å². The van der Waals surface area contributed by atoms with Crippen molar-refractivity contribution in [3.8, 4) is 0 Å². The molecule has 2 N–H and O–H groups in total. The second-order valence-corrected chi connectivity index (χ2v) is 6.60. The normalized spacial score (nSPS) is 65.1. The van der Waals surface area contributed by atoms with Crippen molar-refractivity contribution in [2.45, 2.75) is 52.5 Å². The molecule has 4 rings (SSSR count). The van der Waals surface area contributed by atoms with Gasteiger partial charge in [0.25, 0.3) is 0 Å². The van der Waals surface area contributed by atoms with E-state index in [9.17, 15) is 0 Å². The first-order valence-electron chi connectivity index (χ1n) is 5.68. The van der Waals surface area contributed by atoms with Gasteiger partial charge in [0.15, 0.2) is 0 Å². The molecule has 4 saturated carbocycles. The van der Waals surface area contributed by atoms with Crippen LogP contribution >= 0.6 is 0 Å². The van der Waals surface area contributed by atoms with Gasteiger partial charge in [-0.3, -0.25) is 0 Å². The molecule has 0 aliphatic heterocycles. The Morgan fingerprint density at radius 3 is 1.77 bits per heavy atom. The average molecular weight is 179 g/mol. The first-order chi connectivity index (χ1) is 5.92. The van der Waals surface area contributed by atoms with Crippen LogP contribution < -0.4 is 5.73 Å². The van der Waals surface area contributed by atoms with E-state index in [0.29, 0.717) is 22.3 Å². The molecule has 4 bridgehead atoms. The first kappa shape index (κ1) is 8.28. The lowest BCUT2D eigenvalue weighted by Crippen LogP contribution is -2.39. The van der Waals surface area contributed by atoms with Gasteiger partial charge in [0.1, 0.15) is 0 Å². The molecule has 0 aromatic heterocycles. The molecule has 0 radical (unpaired) electrons. The summed E-state index contributed by atoms with van der Waals surface area (Å²) in [6.45, 7) is 7.24. The van der Waals surface area contributed by atoms with Crippen molar-refractivity contribution < 1.29 is 0 Å². The van der Waals surface area contributed by atoms with Gasteiger partial charge in [-0.2, -0.15) is 0 Å². The molecule has 0 amide bonds. The first-order valence-corrected chi connectivity index (χ1v) is 5.68. The Hall–Kier alpha value is -0.0400. The molecule has 4 aliphatic rings. The summed E-state index contributed by atoms with van der Waals surface area (Å²) in [6.07, 6.45) is 5.76. The second-order valence-electron chi connectivity index (χ2n) is 6.60. The maximum absolute atomic E-state index is 6.20. The molecule has 0 spiro atoms. The number of hydrogen-bond acceptors (Lipinski definition) is 1. The molecule has 3 unspecified atom stereocenters. The fourth-order valence-electron chi connectivity index (χ4n) is 5.13. The standard InChI is InChI=1S/C12H21N/c1-8(13)12-6-10(2)4-9(12)5-11(10,3)7-12/h8-9H,4-7,13H2,1-3H3. The van der Waals surface area contributed by atoms with Gasteiger partial charge in [0.05, 0.1) is 0 Å². The number of hydrogen-bond donors (Lipinski definition) is 1. The Morgan fingerprint density at radius 1 is 1.15 bits per heavy atom. The Bertz CT molecular complexity index is 250. The lowest BCUT2D eigenvalue weighted by atomic mass is 9.71. The van der Waals surface area contributed by atoms with Crippen LogP contribution in [-0.2, 0) is 0 Å². The Balaban J connectivity index is 2.09. The van der Waals surface area contributed by atoms with Crippen LogP contribution in [0.15, 0.2) is 0 Å². The molecule has 1 nitrogen and oxygen atoms in total. The van der Waals surface area contributed by atoms with E-state index in [-0.39, 0.29) is 0 Å². The SMILES string of the molecule is CC(N)C12CC3(C)CC1CC3(C)C2. The largest absolute Gasteiger partial charge is 0.327 e. The fraction of sp³-hybridized carbons (Fsp3) is 1.00. The van der Waals surface area contributed by atoms with Crippen LogP contribution in [0.3, 0.4) is 0 Å². The number of nitrogens with two attached hydrogens (primary N) is 1. The lowest BCUT2D eigenvalue weighted by molar-refractivity contribution is 0.157. The summed E-state index contributed by atoms with van der Waals surface area (Å²) in [4.78, 5) is 0. The molecule has 0 aromatic rings. The summed E-state index contributed by atoms with van der Waals surface area (Å²) in [7, 11) is 0. The highest BCUT2D eigenvalue weighted by atomic mass is 14.8. The minimum absolute atomic E-state index is 0.420. The molecule has 1 heteroatoms. The van der Waals surface area contributed by atoms with Crippen LogP contribution in [-0.4, -0.2) is 6.04 Å². The zero-order chi connectivity index (χ0) is 9.48. The molecule has 74 valence electrons. The van der Waals surface area contributed by atoms with E-state index in [0.717, 1.165) is 5.92 Å². The third kappa shape index (κ3) is 0.643. The highest BCUT2D eigenvalue weighted by molar-refractivity contribution is 5.24. The van der Waals surface area contributed by atoms with Crippen molar-refractivity contribution in [1.29, 1.82) is 0 Å². The summed E-state index contributed by atoms with van der Waals surface area (Å²) in [5.74, 6) is 0.961. The highest BCUT2D eigenvalue weighted by Crippen LogP contribution is 2.81. The van der Waals surface area contributed by atoms with Crippen molar-refractivity contribution >= 4 is 0 Å². The summed E-state index contributed by atoms with van der Waals surface area (Å²) in [5, 5.41) is 0. The third-order valence-electron chi connectivity index (χ3n) is 6.01. The van der Waals surface area contributed by atoms with Gasteiger partial charge in [-0.1, -0.05) is 13.8 Å². The topological polar surface area (TPSA) is 26.0 Å². The molecule has 13 heavy (non-hydrogen) atoms. The monoisotopic (exact) mass is 179 g/mol. The van der Waals surface area contributed by atoms with Crippen molar-refractivity contribution in [3.05, 3.63) is 0 Å². The maximum Gasteiger partial charge on any atom is 0.00701 e. The highest BCUT2D eigenvalue weighted by Gasteiger charge is 2.74. The molecule has 0 aromatic carbocycles. The van der Waals surface area contributed by atoms with Crippen LogP contribution in [0, 0.1) is 22.2 Å². The van der Waals surface area contributed by atoms with E-state index in [4.69, 9.17) is 5.73 Å². The number of rotatable bonds is 1. The van der Waals surface area contributed by atoms with Crippen molar-refractivity contribution in [1.82, 2.24) is 0 Å². The van der Waals surface area contributed by atoms with E-state index in [2.05, 4.69) is 20.8 Å². The van der Waals surface area contributed by atoms with Crippen molar-refractivity contribution in [2.75, 3.05) is 0 Å². The Labute approximate surface area is 81.1 Å². The van der Waals surface area contributed by atoms with Crippen LogP contribution in [0.4, 0.5) is 0 Å². The maximum atomic E-state index is 6.20. The summed E-state index contributed by atoms with van der Waals surface area (Å²) in [5.41, 5.74) is 8.04. The molecule has 0 saturated heterocycles. The van der Waals surface area contributed by atoms with Gasteiger partial charge in [-0.25, -0.2) is 0 Å². The van der Waals surface area contributed by atoms with Gasteiger partial charge >= 0.3 is 0 Å². The van der Waals surface area contributed by atoms with Gasteiger partial charge in [-0.15, -0.1) is 0 Å². The molecule has 3 atom stereocenters. The summed E-state index contributed by atoms with van der Waals surface area (Å²) < 4.78 is 0. The molecule has 4 fully saturated rings. The average Bonchev–Trinajstić information content (AvgIpc) is 2.49. The van der Waals surface area contributed by atoms with Gasteiger partial charge < -0.3 is 5.73 Å². The summed E-state index contributed by atoms with van der Waals surface area (Å²) in [6, 6.07) is 0.420. The fourth-order valence-corrected chi connectivity index (χ4v) is 5.13. The molecular weight excluding hydrogens is 158 g/mol. The van der Waals surface area contributed by atoms with Gasteiger partial charge in [-0.05, 0) is 54.8 Å². The van der Waals surface area contributed by atoms with E-state index in [1.807, 2.05) is 0 Å². The third-order valence-corrected chi connectivity index (χ3v) is 6.01. The minimum atomic E-state index is 0.420. The van der Waals surface area contributed by atoms with E-state index in [1.165, 1.54) is 25.7 Å². The smallest absolute Gasteiger partial charge is 0.00701 e. The minimum Gasteiger partial charge on any atom is -0.327 e. The van der Waals surface area contributed by atoms with Crippen molar-refractivity contribution in [2.24, 2.45) is 27.9 Å². The van der Waals surface area contributed by atoms with Gasteiger partial charge in [0, 0.05) is 6.04 Å². The van der Waals surface area contributed by atoms with E-state index in [1.54, 1.807) is 0 Å². The van der Waals surface area contributed by atoms with Crippen LogP contribution in [0.25, 0.3) is 0 Å². The van der Waals surface area contributed by atoms with Crippen LogP contribution in [0.5, 0.6) is 0 Å². The van der Waals surface area contributed by atoms with Crippen LogP contribution in [0.2, 0.25) is 0 Å². The summed E-state index contributed by atoms with van der Waals surface area (Å²) >= 11 is 0. The van der Waals surface area contributed by atoms with Gasteiger partial charge in [0.2, 0.25) is 0 Å². The molecular formula is C12H21N. The quantitative estimate of drug-likeness (QED) is 0.657. The molecule has 4 aliphatic carbocycles. The molecule has 0 heterocycles.